The molecule has 2 aromatic heterocycles. The van der Waals surface area contributed by atoms with Crippen LogP contribution in [0.3, 0.4) is 0 Å². The van der Waals surface area contributed by atoms with Crippen molar-refractivity contribution in [1.82, 2.24) is 9.55 Å². The van der Waals surface area contributed by atoms with Gasteiger partial charge in [0.15, 0.2) is 5.82 Å². The molecule has 9 nitrogen and oxygen atoms in total. The Labute approximate surface area is 141 Å². The van der Waals surface area contributed by atoms with Crippen molar-refractivity contribution in [3.63, 3.8) is 0 Å². The third kappa shape index (κ3) is 3.66. The third-order valence-electron chi connectivity index (χ3n) is 3.53. The lowest BCUT2D eigenvalue weighted by Crippen LogP contribution is -2.07. The van der Waals surface area contributed by atoms with E-state index in [4.69, 9.17) is 5.11 Å². The number of para-hydroxylation sites is 1. The number of rotatable bonds is 6. The van der Waals surface area contributed by atoms with Gasteiger partial charge in [0.25, 0.3) is 5.69 Å². The van der Waals surface area contributed by atoms with Crippen molar-refractivity contribution in [1.29, 1.82) is 0 Å². The quantitative estimate of drug-likeness (QED) is 0.419. The van der Waals surface area contributed by atoms with Crippen LogP contribution in [0.2, 0.25) is 0 Å². The molecule has 0 aliphatic carbocycles. The fourth-order valence-corrected chi connectivity index (χ4v) is 2.45. The van der Waals surface area contributed by atoms with Gasteiger partial charge in [0.1, 0.15) is 12.7 Å². The molecule has 3 aromatic rings. The summed E-state index contributed by atoms with van der Waals surface area (Å²) in [4.78, 5) is 24.9. The second kappa shape index (κ2) is 6.87. The standard InChI is InChI=1S/C16H13N5O4/c22-16(23)10-20-9-11(13-3-1-2-4-14(13)20)7-18-19-15-6-5-12(8-17-15)21(24)25/h1-6,8-9H,7,10H2,(H,22,23). The van der Waals surface area contributed by atoms with Crippen LogP contribution in [-0.2, 0) is 17.9 Å². The minimum absolute atomic E-state index is 0.115. The van der Waals surface area contributed by atoms with E-state index >= 15 is 0 Å². The van der Waals surface area contributed by atoms with Gasteiger partial charge in [-0.1, -0.05) is 18.2 Å². The molecule has 0 saturated carbocycles. The molecule has 0 bridgehead atoms. The van der Waals surface area contributed by atoms with Gasteiger partial charge in [0.05, 0.1) is 11.5 Å². The maximum atomic E-state index is 11.0. The summed E-state index contributed by atoms with van der Waals surface area (Å²) in [5.41, 5.74) is 1.53. The van der Waals surface area contributed by atoms with Gasteiger partial charge in [-0.15, -0.1) is 5.11 Å². The highest BCUT2D eigenvalue weighted by atomic mass is 16.6. The average Bonchev–Trinajstić information content (AvgIpc) is 2.93. The zero-order valence-corrected chi connectivity index (χ0v) is 12.9. The van der Waals surface area contributed by atoms with Crippen LogP contribution in [-0.4, -0.2) is 25.6 Å². The van der Waals surface area contributed by atoms with Gasteiger partial charge < -0.3 is 9.67 Å². The van der Waals surface area contributed by atoms with Crippen LogP contribution in [0.15, 0.2) is 59.0 Å². The smallest absolute Gasteiger partial charge is 0.323 e. The van der Waals surface area contributed by atoms with E-state index in [2.05, 4.69) is 15.2 Å². The van der Waals surface area contributed by atoms with E-state index in [0.717, 1.165) is 22.7 Å². The van der Waals surface area contributed by atoms with Crippen molar-refractivity contribution in [2.75, 3.05) is 0 Å². The van der Waals surface area contributed by atoms with Crippen molar-refractivity contribution >= 4 is 28.4 Å². The van der Waals surface area contributed by atoms with Gasteiger partial charge in [-0.2, -0.15) is 5.11 Å². The topological polar surface area (TPSA) is 123 Å². The molecule has 0 fully saturated rings. The van der Waals surface area contributed by atoms with Crippen molar-refractivity contribution in [2.24, 2.45) is 10.2 Å². The third-order valence-corrected chi connectivity index (χ3v) is 3.53. The summed E-state index contributed by atoms with van der Waals surface area (Å²) in [5, 5.41) is 28.5. The molecular weight excluding hydrogens is 326 g/mol. The average molecular weight is 339 g/mol. The Kier molecular flexibility index (Phi) is 4.46. The highest BCUT2D eigenvalue weighted by molar-refractivity contribution is 5.85. The number of benzene rings is 1. The molecule has 1 N–H and O–H groups in total. The molecule has 126 valence electrons. The fraction of sp³-hybridized carbons (Fsp3) is 0.125. The largest absolute Gasteiger partial charge is 0.480 e. The van der Waals surface area contributed by atoms with E-state index in [1.807, 2.05) is 24.3 Å². The Hall–Kier alpha value is -3.62. The van der Waals surface area contributed by atoms with Crippen molar-refractivity contribution < 1.29 is 14.8 Å². The number of aromatic nitrogens is 2. The first-order valence-corrected chi connectivity index (χ1v) is 7.31. The number of pyridine rings is 1. The molecule has 0 saturated heterocycles. The first-order chi connectivity index (χ1) is 12.0. The predicted octanol–water partition coefficient (Wildman–Crippen LogP) is 3.31. The molecule has 0 radical (unpaired) electrons. The van der Waals surface area contributed by atoms with Gasteiger partial charge in [0, 0.05) is 28.7 Å². The Morgan fingerprint density at radius 2 is 2.08 bits per heavy atom. The second-order valence-corrected chi connectivity index (χ2v) is 5.22. The summed E-state index contributed by atoms with van der Waals surface area (Å²) >= 11 is 0. The van der Waals surface area contributed by atoms with Crippen LogP contribution >= 0.6 is 0 Å². The molecular formula is C16H13N5O4. The van der Waals surface area contributed by atoms with Crippen molar-refractivity contribution in [3.05, 3.63) is 64.5 Å². The van der Waals surface area contributed by atoms with Gasteiger partial charge in [0.2, 0.25) is 0 Å². The van der Waals surface area contributed by atoms with Gasteiger partial charge in [-0.3, -0.25) is 14.9 Å². The second-order valence-electron chi connectivity index (χ2n) is 5.22. The van der Waals surface area contributed by atoms with E-state index in [-0.39, 0.29) is 24.6 Å². The number of fused-ring (bicyclic) bond motifs is 1. The lowest BCUT2D eigenvalue weighted by molar-refractivity contribution is -0.385. The predicted molar refractivity (Wildman–Crippen MR) is 88.7 cm³/mol. The first-order valence-electron chi connectivity index (χ1n) is 7.31. The van der Waals surface area contributed by atoms with E-state index in [0.29, 0.717) is 0 Å². The number of carbonyl (C=O) groups is 1. The summed E-state index contributed by atoms with van der Waals surface area (Å²) in [6.45, 7) is 0.105. The highest BCUT2D eigenvalue weighted by Crippen LogP contribution is 2.23. The molecule has 0 aliphatic rings. The number of nitro groups is 1. The van der Waals surface area contributed by atoms with Gasteiger partial charge in [-0.05, 0) is 12.1 Å². The van der Waals surface area contributed by atoms with Crippen LogP contribution in [0, 0.1) is 10.1 Å². The van der Waals surface area contributed by atoms with Crippen LogP contribution in [0.25, 0.3) is 10.9 Å². The zero-order valence-electron chi connectivity index (χ0n) is 12.9. The molecule has 2 heterocycles. The Balaban J connectivity index is 1.80. The van der Waals surface area contributed by atoms with Crippen LogP contribution in [0.1, 0.15) is 5.56 Å². The molecule has 25 heavy (non-hydrogen) atoms. The number of azo groups is 1. The minimum atomic E-state index is -0.927. The maximum absolute atomic E-state index is 11.0. The molecule has 0 amide bonds. The van der Waals surface area contributed by atoms with Crippen LogP contribution in [0.5, 0.6) is 0 Å². The SMILES string of the molecule is O=C(O)Cn1cc(CN=Nc2ccc([N+](=O)[O-])cn2)c2ccccc21. The van der Waals surface area contributed by atoms with E-state index in [1.165, 1.54) is 12.1 Å². The first kappa shape index (κ1) is 16.2. The van der Waals surface area contributed by atoms with Crippen molar-refractivity contribution in [2.45, 2.75) is 13.1 Å². The zero-order chi connectivity index (χ0) is 17.8. The molecule has 0 aliphatic heterocycles. The van der Waals surface area contributed by atoms with Crippen molar-refractivity contribution in [3.8, 4) is 0 Å². The highest BCUT2D eigenvalue weighted by Gasteiger charge is 2.10. The van der Waals surface area contributed by atoms with Crippen LogP contribution < -0.4 is 0 Å². The monoisotopic (exact) mass is 339 g/mol. The Morgan fingerprint density at radius 3 is 2.76 bits per heavy atom. The van der Waals surface area contributed by atoms with E-state index in [1.54, 1.807) is 10.8 Å². The number of nitrogens with zero attached hydrogens (tertiary/aromatic N) is 5. The molecule has 0 atom stereocenters. The summed E-state index contributed by atoms with van der Waals surface area (Å²) in [7, 11) is 0. The lowest BCUT2D eigenvalue weighted by Gasteiger charge is -1.99. The molecule has 9 heteroatoms. The van der Waals surface area contributed by atoms with Crippen LogP contribution in [0.4, 0.5) is 11.5 Å². The number of carboxylic acid groups (broad SMARTS) is 1. The Morgan fingerprint density at radius 1 is 1.28 bits per heavy atom. The maximum Gasteiger partial charge on any atom is 0.323 e. The summed E-state index contributed by atoms with van der Waals surface area (Å²) < 4.78 is 1.65. The Bertz CT molecular complexity index is 962. The number of aliphatic carboxylic acids is 1. The molecule has 0 spiro atoms. The van der Waals surface area contributed by atoms with E-state index in [9.17, 15) is 14.9 Å². The van der Waals surface area contributed by atoms with E-state index < -0.39 is 10.9 Å². The van der Waals surface area contributed by atoms with Gasteiger partial charge in [-0.25, -0.2) is 4.98 Å². The molecule has 1 aromatic carbocycles. The summed E-state index contributed by atoms with van der Waals surface area (Å²) in [5.74, 6) is -0.663. The molecule has 0 unspecified atom stereocenters. The number of hydrogen-bond acceptors (Lipinski definition) is 6. The summed E-state index contributed by atoms with van der Waals surface area (Å²) in [6.07, 6.45) is 2.86. The molecule has 3 rings (SSSR count). The number of carboxylic acids is 1. The number of hydrogen-bond donors (Lipinski definition) is 1. The van der Waals surface area contributed by atoms with Gasteiger partial charge >= 0.3 is 5.97 Å². The lowest BCUT2D eigenvalue weighted by atomic mass is 10.2. The minimum Gasteiger partial charge on any atom is -0.480 e. The summed E-state index contributed by atoms with van der Waals surface area (Å²) in [6, 6.07) is 10.2. The fourth-order valence-electron chi connectivity index (χ4n) is 2.45. The normalized spacial score (nSPS) is 11.2.